The standard InChI is InChI=1S/C25H33ClN4O3/c1-24(2,3)33-23(32)29-10-9-17(15-29)28(6)18-12-19(14-27-13-18)30-22(31)20-8-7-16(26)11-21(20)25(30,4)5/h7-8,11-14,17,23,32H,9-10,15H2,1-6H3. The Bertz CT molecular complexity index is 1050. The third-order valence-corrected chi connectivity index (χ3v) is 6.76. The molecule has 3 heterocycles. The molecule has 8 heteroatoms. The van der Waals surface area contributed by atoms with Crippen LogP contribution in [0.25, 0.3) is 0 Å². The average Bonchev–Trinajstić information content (AvgIpc) is 3.29. The van der Waals surface area contributed by atoms with Gasteiger partial charge in [0.25, 0.3) is 5.91 Å². The van der Waals surface area contributed by atoms with Crippen LogP contribution in [-0.2, 0) is 10.3 Å². The first-order valence-electron chi connectivity index (χ1n) is 11.3. The zero-order valence-corrected chi connectivity index (χ0v) is 20.9. The molecule has 4 rings (SSSR count). The Morgan fingerprint density at radius 1 is 1.27 bits per heavy atom. The molecule has 0 radical (unpaired) electrons. The van der Waals surface area contributed by atoms with E-state index in [0.29, 0.717) is 17.1 Å². The molecule has 33 heavy (non-hydrogen) atoms. The summed E-state index contributed by atoms with van der Waals surface area (Å²) in [4.78, 5) is 23.6. The van der Waals surface area contributed by atoms with Crippen LogP contribution >= 0.6 is 11.6 Å². The summed E-state index contributed by atoms with van der Waals surface area (Å²) < 4.78 is 5.71. The number of likely N-dealkylation sites (tertiary alicyclic amines) is 1. The number of halogens is 1. The Morgan fingerprint density at radius 2 is 2.00 bits per heavy atom. The second kappa shape index (κ2) is 8.55. The van der Waals surface area contributed by atoms with Crippen LogP contribution in [0.3, 0.4) is 0 Å². The fraction of sp³-hybridized carbons (Fsp3) is 0.520. The zero-order valence-electron chi connectivity index (χ0n) is 20.2. The minimum atomic E-state index is -0.929. The van der Waals surface area contributed by atoms with Crippen LogP contribution in [0.4, 0.5) is 11.4 Å². The molecule has 2 unspecified atom stereocenters. The van der Waals surface area contributed by atoms with E-state index in [-0.39, 0.29) is 11.9 Å². The Balaban J connectivity index is 1.54. The number of hydrogen-bond acceptors (Lipinski definition) is 6. The minimum Gasteiger partial charge on any atom is -0.369 e. The van der Waals surface area contributed by atoms with Crippen molar-refractivity contribution in [2.75, 3.05) is 29.9 Å². The fourth-order valence-corrected chi connectivity index (χ4v) is 4.93. The summed E-state index contributed by atoms with van der Waals surface area (Å²) in [6, 6.07) is 7.62. The van der Waals surface area contributed by atoms with Crippen LogP contribution in [0, 0.1) is 0 Å². The molecule has 178 valence electrons. The highest BCUT2D eigenvalue weighted by Crippen LogP contribution is 2.43. The number of carbonyl (C=O) groups excluding carboxylic acids is 1. The predicted octanol–water partition coefficient (Wildman–Crippen LogP) is 4.23. The second-order valence-electron chi connectivity index (χ2n) is 10.4. The molecule has 0 bridgehead atoms. The van der Waals surface area contributed by atoms with Gasteiger partial charge in [-0.05, 0) is 70.9 Å². The van der Waals surface area contributed by atoms with Crippen LogP contribution in [0.15, 0.2) is 36.7 Å². The van der Waals surface area contributed by atoms with Gasteiger partial charge >= 0.3 is 0 Å². The van der Waals surface area contributed by atoms with E-state index in [2.05, 4.69) is 9.88 Å². The van der Waals surface area contributed by atoms with Crippen LogP contribution < -0.4 is 9.80 Å². The van der Waals surface area contributed by atoms with E-state index >= 15 is 0 Å². The van der Waals surface area contributed by atoms with E-state index < -0.39 is 17.6 Å². The first-order valence-corrected chi connectivity index (χ1v) is 11.7. The molecule has 2 aliphatic heterocycles. The molecule has 0 spiro atoms. The quantitative estimate of drug-likeness (QED) is 0.657. The van der Waals surface area contributed by atoms with Gasteiger partial charge in [-0.1, -0.05) is 11.6 Å². The number of carbonyl (C=O) groups is 1. The number of benzene rings is 1. The highest BCUT2D eigenvalue weighted by molar-refractivity contribution is 6.31. The van der Waals surface area contributed by atoms with Crippen molar-refractivity contribution in [3.63, 3.8) is 0 Å². The van der Waals surface area contributed by atoms with Crippen molar-refractivity contribution in [2.24, 2.45) is 0 Å². The smallest absolute Gasteiger partial charge is 0.259 e. The summed E-state index contributed by atoms with van der Waals surface area (Å²) in [5.41, 5.74) is 2.28. The van der Waals surface area contributed by atoms with Gasteiger partial charge in [-0.2, -0.15) is 0 Å². The molecule has 1 N–H and O–H groups in total. The van der Waals surface area contributed by atoms with Gasteiger partial charge in [0.15, 0.2) is 0 Å². The average molecular weight is 473 g/mol. The number of aliphatic hydroxyl groups excluding tert-OH is 1. The van der Waals surface area contributed by atoms with Crippen molar-refractivity contribution >= 4 is 28.9 Å². The molecule has 1 aromatic heterocycles. The van der Waals surface area contributed by atoms with Gasteiger partial charge in [-0.25, -0.2) is 0 Å². The number of hydrogen-bond donors (Lipinski definition) is 1. The largest absolute Gasteiger partial charge is 0.369 e. The topological polar surface area (TPSA) is 69.1 Å². The van der Waals surface area contributed by atoms with E-state index in [4.69, 9.17) is 16.3 Å². The molecule has 2 aliphatic rings. The van der Waals surface area contributed by atoms with Crippen LogP contribution in [0.5, 0.6) is 0 Å². The molecule has 1 amide bonds. The summed E-state index contributed by atoms with van der Waals surface area (Å²) >= 11 is 6.22. The number of amides is 1. The summed E-state index contributed by atoms with van der Waals surface area (Å²) in [5.74, 6) is -0.0530. The summed E-state index contributed by atoms with van der Waals surface area (Å²) in [6.07, 6.45) is 3.50. The van der Waals surface area contributed by atoms with Crippen molar-refractivity contribution in [3.8, 4) is 0 Å². The van der Waals surface area contributed by atoms with Crippen molar-refractivity contribution in [2.45, 2.75) is 64.6 Å². The van der Waals surface area contributed by atoms with E-state index in [0.717, 1.165) is 29.9 Å². The van der Waals surface area contributed by atoms with E-state index in [1.165, 1.54) is 0 Å². The number of anilines is 2. The molecule has 1 aromatic carbocycles. The SMILES string of the molecule is CN(c1cncc(N2C(=O)c3ccc(Cl)cc3C2(C)C)c1)C1CCN(C(O)OC(C)(C)C)C1. The van der Waals surface area contributed by atoms with Gasteiger partial charge in [0.05, 0.1) is 34.9 Å². The van der Waals surface area contributed by atoms with Crippen molar-refractivity contribution < 1.29 is 14.6 Å². The second-order valence-corrected chi connectivity index (χ2v) is 10.8. The normalized spacial score (nSPS) is 21.4. The Hall–Kier alpha value is -2.19. The number of aliphatic hydroxyl groups is 1. The molecule has 0 saturated carbocycles. The molecule has 1 fully saturated rings. The van der Waals surface area contributed by atoms with Gasteiger partial charge in [0, 0.05) is 36.8 Å². The van der Waals surface area contributed by atoms with Gasteiger partial charge < -0.3 is 14.7 Å². The highest BCUT2D eigenvalue weighted by Gasteiger charge is 2.44. The van der Waals surface area contributed by atoms with Crippen molar-refractivity contribution in [3.05, 3.63) is 52.8 Å². The first kappa shape index (κ1) is 24.0. The number of likely N-dealkylation sites (N-methyl/N-ethyl adjacent to an activating group) is 1. The van der Waals surface area contributed by atoms with Gasteiger partial charge in [-0.15, -0.1) is 0 Å². The Morgan fingerprint density at radius 3 is 2.70 bits per heavy atom. The maximum absolute atomic E-state index is 13.3. The number of rotatable bonds is 5. The number of ether oxygens (including phenoxy) is 1. The van der Waals surface area contributed by atoms with Gasteiger partial charge in [0.1, 0.15) is 0 Å². The lowest BCUT2D eigenvalue weighted by Crippen LogP contribution is -2.43. The van der Waals surface area contributed by atoms with Crippen LogP contribution in [-0.4, -0.2) is 59.1 Å². The van der Waals surface area contributed by atoms with Crippen LogP contribution in [0.1, 0.15) is 57.0 Å². The first-order chi connectivity index (χ1) is 15.4. The van der Waals surface area contributed by atoms with Gasteiger partial charge in [-0.3, -0.25) is 19.6 Å². The van der Waals surface area contributed by atoms with E-state index in [1.54, 1.807) is 23.2 Å². The highest BCUT2D eigenvalue weighted by atomic mass is 35.5. The number of pyridine rings is 1. The Labute approximate surface area is 200 Å². The Kier molecular flexibility index (Phi) is 6.20. The summed E-state index contributed by atoms with van der Waals surface area (Å²) in [7, 11) is 2.03. The maximum atomic E-state index is 13.3. The summed E-state index contributed by atoms with van der Waals surface area (Å²) in [6.45, 7) is 11.3. The van der Waals surface area contributed by atoms with Crippen LogP contribution in [0.2, 0.25) is 5.02 Å². The fourth-order valence-electron chi connectivity index (χ4n) is 4.76. The molecule has 1 saturated heterocycles. The number of fused-ring (bicyclic) bond motifs is 1. The maximum Gasteiger partial charge on any atom is 0.259 e. The minimum absolute atomic E-state index is 0.0530. The van der Waals surface area contributed by atoms with Gasteiger partial charge in [0.2, 0.25) is 6.41 Å². The lowest BCUT2D eigenvalue weighted by Gasteiger charge is -2.34. The molecule has 2 atom stereocenters. The molecular formula is C25H33ClN4O3. The third-order valence-electron chi connectivity index (χ3n) is 6.52. The predicted molar refractivity (Wildman–Crippen MR) is 131 cm³/mol. The van der Waals surface area contributed by atoms with E-state index in [1.807, 2.05) is 64.9 Å². The molecule has 7 nitrogen and oxygen atoms in total. The number of aromatic nitrogens is 1. The summed E-state index contributed by atoms with van der Waals surface area (Å²) in [5, 5.41) is 11.1. The molecule has 2 aromatic rings. The lowest BCUT2D eigenvalue weighted by atomic mass is 9.93. The van der Waals surface area contributed by atoms with Crippen molar-refractivity contribution in [1.82, 2.24) is 9.88 Å². The molecule has 0 aliphatic carbocycles. The van der Waals surface area contributed by atoms with Crippen molar-refractivity contribution in [1.29, 1.82) is 0 Å². The van der Waals surface area contributed by atoms with E-state index in [9.17, 15) is 9.90 Å². The zero-order chi connectivity index (χ0) is 24.1. The third kappa shape index (κ3) is 4.60. The molecular weight excluding hydrogens is 440 g/mol. The lowest BCUT2D eigenvalue weighted by molar-refractivity contribution is -0.233. The number of nitrogens with zero attached hydrogens (tertiary/aromatic N) is 4. The monoisotopic (exact) mass is 472 g/mol.